The number of esters is 1. The highest BCUT2D eigenvalue weighted by molar-refractivity contribution is 5.94. The minimum atomic E-state index is -0.512. The zero-order valence-electron chi connectivity index (χ0n) is 13.7. The van der Waals surface area contributed by atoms with Crippen LogP contribution in [0.3, 0.4) is 0 Å². The molecule has 0 aliphatic heterocycles. The van der Waals surface area contributed by atoms with Crippen molar-refractivity contribution in [1.29, 1.82) is 0 Å². The monoisotopic (exact) mass is 329 g/mol. The minimum Gasteiger partial charge on any atom is -0.466 e. The molecule has 0 fully saturated rings. The van der Waals surface area contributed by atoms with Crippen LogP contribution in [0, 0.1) is 12.7 Å². The molecule has 24 heavy (non-hydrogen) atoms. The normalized spacial score (nSPS) is 11.6. The van der Waals surface area contributed by atoms with E-state index in [1.165, 1.54) is 24.3 Å². The van der Waals surface area contributed by atoms with E-state index in [1.807, 2.05) is 31.2 Å². The summed E-state index contributed by atoms with van der Waals surface area (Å²) in [6.45, 7) is 3.97. The second-order valence-electron chi connectivity index (χ2n) is 5.45. The number of aryl methyl sites for hydroxylation is 1. The maximum absolute atomic E-state index is 13.0. The molecular weight excluding hydrogens is 309 g/mol. The smallest absolute Gasteiger partial charge is 0.308 e. The Hall–Kier alpha value is -2.69. The Labute approximate surface area is 140 Å². The molecule has 0 saturated carbocycles. The number of rotatable bonds is 6. The lowest BCUT2D eigenvalue weighted by Gasteiger charge is -2.19. The van der Waals surface area contributed by atoms with Crippen LogP contribution < -0.4 is 5.32 Å². The molecule has 0 aromatic heterocycles. The molecule has 5 heteroatoms. The molecule has 0 aliphatic rings. The van der Waals surface area contributed by atoms with Gasteiger partial charge in [-0.2, -0.15) is 0 Å². The van der Waals surface area contributed by atoms with Crippen molar-refractivity contribution in [1.82, 2.24) is 5.32 Å². The van der Waals surface area contributed by atoms with Crippen LogP contribution in [0.2, 0.25) is 0 Å². The van der Waals surface area contributed by atoms with E-state index in [0.717, 1.165) is 11.1 Å². The molecule has 0 heterocycles. The summed E-state index contributed by atoms with van der Waals surface area (Å²) in [5.41, 5.74) is 2.22. The Kier molecular flexibility index (Phi) is 6.07. The van der Waals surface area contributed by atoms with Crippen LogP contribution in [0.5, 0.6) is 0 Å². The van der Waals surface area contributed by atoms with Crippen molar-refractivity contribution in [3.8, 4) is 0 Å². The zero-order chi connectivity index (χ0) is 17.5. The van der Waals surface area contributed by atoms with Gasteiger partial charge in [0.2, 0.25) is 0 Å². The summed E-state index contributed by atoms with van der Waals surface area (Å²) in [6.07, 6.45) is 0.0316. The van der Waals surface area contributed by atoms with E-state index >= 15 is 0 Å². The molecular formula is C19H20FNO3. The SMILES string of the molecule is CCOC(=O)C[C@@H](NC(=O)c1ccc(F)cc1)c1ccc(C)cc1. The van der Waals surface area contributed by atoms with E-state index in [9.17, 15) is 14.0 Å². The van der Waals surface area contributed by atoms with Crippen molar-refractivity contribution in [3.63, 3.8) is 0 Å². The first-order chi connectivity index (χ1) is 11.5. The number of nitrogens with one attached hydrogen (secondary N) is 1. The van der Waals surface area contributed by atoms with Crippen LogP contribution in [0.1, 0.15) is 40.9 Å². The van der Waals surface area contributed by atoms with Gasteiger partial charge in [0.15, 0.2) is 0 Å². The fourth-order valence-corrected chi connectivity index (χ4v) is 2.28. The molecule has 126 valence electrons. The highest BCUT2D eigenvalue weighted by Crippen LogP contribution is 2.19. The lowest BCUT2D eigenvalue weighted by Crippen LogP contribution is -2.30. The van der Waals surface area contributed by atoms with Gasteiger partial charge < -0.3 is 10.1 Å². The molecule has 4 nitrogen and oxygen atoms in total. The zero-order valence-corrected chi connectivity index (χ0v) is 13.7. The first kappa shape index (κ1) is 17.7. The first-order valence-electron chi connectivity index (χ1n) is 7.78. The summed E-state index contributed by atoms with van der Waals surface area (Å²) in [7, 11) is 0. The van der Waals surface area contributed by atoms with E-state index < -0.39 is 11.9 Å². The number of carbonyl (C=O) groups excluding carboxylic acids is 2. The molecule has 1 N–H and O–H groups in total. The van der Waals surface area contributed by atoms with Gasteiger partial charge in [-0.05, 0) is 43.7 Å². The van der Waals surface area contributed by atoms with Crippen molar-refractivity contribution < 1.29 is 18.7 Å². The molecule has 0 radical (unpaired) electrons. The number of carbonyl (C=O) groups is 2. The van der Waals surface area contributed by atoms with Crippen molar-refractivity contribution in [2.45, 2.75) is 26.3 Å². The summed E-state index contributed by atoms with van der Waals surface area (Å²) in [5.74, 6) is -1.17. The number of halogens is 1. The predicted molar refractivity (Wildman–Crippen MR) is 89.0 cm³/mol. The molecule has 0 aliphatic carbocycles. The average molecular weight is 329 g/mol. The Morgan fingerprint density at radius 3 is 2.29 bits per heavy atom. The van der Waals surface area contributed by atoms with Crippen molar-refractivity contribution in [3.05, 3.63) is 71.0 Å². The van der Waals surface area contributed by atoms with Crippen LogP contribution in [-0.2, 0) is 9.53 Å². The number of hydrogen-bond acceptors (Lipinski definition) is 3. The van der Waals surface area contributed by atoms with Gasteiger partial charge in [0, 0.05) is 5.56 Å². The summed E-state index contributed by atoms with van der Waals surface area (Å²) >= 11 is 0. The van der Waals surface area contributed by atoms with E-state index in [0.29, 0.717) is 5.56 Å². The second kappa shape index (κ2) is 8.24. The summed E-state index contributed by atoms with van der Waals surface area (Å²) in [4.78, 5) is 24.2. The maximum atomic E-state index is 13.0. The lowest BCUT2D eigenvalue weighted by molar-refractivity contribution is -0.143. The maximum Gasteiger partial charge on any atom is 0.308 e. The molecule has 2 aromatic carbocycles. The Balaban J connectivity index is 2.18. The highest BCUT2D eigenvalue weighted by atomic mass is 19.1. The van der Waals surface area contributed by atoms with Gasteiger partial charge in [0.1, 0.15) is 5.82 Å². The van der Waals surface area contributed by atoms with Crippen LogP contribution in [-0.4, -0.2) is 18.5 Å². The van der Waals surface area contributed by atoms with Gasteiger partial charge in [-0.3, -0.25) is 9.59 Å². The van der Waals surface area contributed by atoms with Gasteiger partial charge in [0.25, 0.3) is 5.91 Å². The number of amides is 1. The molecule has 1 amide bonds. The third-order valence-electron chi connectivity index (χ3n) is 3.57. The van der Waals surface area contributed by atoms with Crippen LogP contribution >= 0.6 is 0 Å². The Bertz CT molecular complexity index is 696. The molecule has 0 spiro atoms. The van der Waals surface area contributed by atoms with Gasteiger partial charge in [-0.15, -0.1) is 0 Å². The van der Waals surface area contributed by atoms with Gasteiger partial charge >= 0.3 is 5.97 Å². The molecule has 0 saturated heterocycles. The van der Waals surface area contributed by atoms with E-state index in [-0.39, 0.29) is 24.9 Å². The topological polar surface area (TPSA) is 55.4 Å². The quantitative estimate of drug-likeness (QED) is 0.825. The van der Waals surface area contributed by atoms with Crippen LogP contribution in [0.4, 0.5) is 4.39 Å². The van der Waals surface area contributed by atoms with E-state index in [2.05, 4.69) is 5.32 Å². The number of hydrogen-bond donors (Lipinski definition) is 1. The fourth-order valence-electron chi connectivity index (χ4n) is 2.28. The van der Waals surface area contributed by atoms with Crippen LogP contribution in [0.25, 0.3) is 0 Å². The van der Waals surface area contributed by atoms with E-state index in [4.69, 9.17) is 4.74 Å². The molecule has 2 aromatic rings. The van der Waals surface area contributed by atoms with Crippen molar-refractivity contribution >= 4 is 11.9 Å². The van der Waals surface area contributed by atoms with Crippen molar-refractivity contribution in [2.24, 2.45) is 0 Å². The van der Waals surface area contributed by atoms with Gasteiger partial charge in [-0.1, -0.05) is 29.8 Å². The predicted octanol–water partition coefficient (Wildman–Crippen LogP) is 3.56. The molecule has 2 rings (SSSR count). The second-order valence-corrected chi connectivity index (χ2v) is 5.45. The highest BCUT2D eigenvalue weighted by Gasteiger charge is 2.20. The molecule has 1 atom stereocenters. The Morgan fingerprint density at radius 1 is 1.08 bits per heavy atom. The Morgan fingerprint density at radius 2 is 1.71 bits per heavy atom. The summed E-state index contributed by atoms with van der Waals surface area (Å²) in [5, 5.41) is 2.82. The summed E-state index contributed by atoms with van der Waals surface area (Å²) < 4.78 is 18.0. The largest absolute Gasteiger partial charge is 0.466 e. The van der Waals surface area contributed by atoms with Crippen molar-refractivity contribution in [2.75, 3.05) is 6.61 Å². The van der Waals surface area contributed by atoms with Crippen LogP contribution in [0.15, 0.2) is 48.5 Å². The van der Waals surface area contributed by atoms with E-state index in [1.54, 1.807) is 6.92 Å². The fraction of sp³-hybridized carbons (Fsp3) is 0.263. The standard InChI is InChI=1S/C19H20FNO3/c1-3-24-18(22)12-17(14-6-4-13(2)5-7-14)21-19(23)15-8-10-16(20)11-9-15/h4-11,17H,3,12H2,1-2H3,(H,21,23)/t17-/m1/s1. The first-order valence-corrected chi connectivity index (χ1v) is 7.78. The number of benzene rings is 2. The third kappa shape index (κ3) is 4.91. The lowest BCUT2D eigenvalue weighted by atomic mass is 10.0. The summed E-state index contributed by atoms with van der Waals surface area (Å²) in [6, 6.07) is 12.3. The molecule has 0 bridgehead atoms. The number of ether oxygens (including phenoxy) is 1. The third-order valence-corrected chi connectivity index (χ3v) is 3.57. The average Bonchev–Trinajstić information content (AvgIpc) is 2.55. The van der Waals surface area contributed by atoms with Gasteiger partial charge in [-0.25, -0.2) is 4.39 Å². The van der Waals surface area contributed by atoms with Gasteiger partial charge in [0.05, 0.1) is 19.1 Å². The minimum absolute atomic E-state index is 0.0316. The molecule has 0 unspecified atom stereocenters.